The highest BCUT2D eigenvalue weighted by Crippen LogP contribution is 2.40. The van der Waals surface area contributed by atoms with E-state index < -0.39 is 17.5 Å². The minimum absolute atomic E-state index is 0.0449. The second-order valence-electron chi connectivity index (χ2n) is 7.99. The van der Waals surface area contributed by atoms with Gasteiger partial charge in [0.15, 0.2) is 17.5 Å². The first-order valence-electron chi connectivity index (χ1n) is 10.2. The van der Waals surface area contributed by atoms with E-state index in [1.54, 1.807) is 16.5 Å². The Morgan fingerprint density at radius 3 is 1.88 bits per heavy atom. The van der Waals surface area contributed by atoms with Crippen LogP contribution in [0.15, 0.2) is 78.9 Å². The first-order valence-corrected chi connectivity index (χ1v) is 10.2. The third kappa shape index (κ3) is 2.03. The minimum atomic E-state index is -1.47. The van der Waals surface area contributed by atoms with Crippen LogP contribution in [0.2, 0.25) is 0 Å². The molecule has 0 aliphatic rings. The fourth-order valence-electron chi connectivity index (χ4n) is 5.03. The van der Waals surface area contributed by atoms with Gasteiger partial charge in [-0.15, -0.1) is 0 Å². The lowest BCUT2D eigenvalue weighted by Gasteiger charge is -2.12. The number of pyridine rings is 1. The van der Waals surface area contributed by atoms with Crippen molar-refractivity contribution >= 4 is 59.9 Å². The van der Waals surface area contributed by atoms with Gasteiger partial charge in [-0.25, -0.2) is 18.2 Å². The van der Waals surface area contributed by atoms with Gasteiger partial charge in [-0.2, -0.15) is 0 Å². The van der Waals surface area contributed by atoms with E-state index >= 15 is 4.39 Å². The van der Waals surface area contributed by atoms with E-state index in [0.717, 1.165) is 38.6 Å². The Balaban J connectivity index is 1.94. The number of benzene rings is 5. The molecule has 0 atom stereocenters. The van der Waals surface area contributed by atoms with Crippen LogP contribution in [0.1, 0.15) is 0 Å². The molecule has 0 amide bonds. The second kappa shape index (κ2) is 5.98. The standard InChI is InChI=1S/C27H13F3N2/c28-20-13-21-22(24(30)23(20)29)16-9-3-6-12-19(16)27-31-25-17-10-4-1-7-14(17)15-8-2-5-11-18(15)26(25)32(21)27/h1-13H. The molecule has 2 aromatic heterocycles. The molecule has 0 N–H and O–H groups in total. The molecule has 0 radical (unpaired) electrons. The lowest BCUT2D eigenvalue weighted by atomic mass is 10.00. The van der Waals surface area contributed by atoms with Gasteiger partial charge >= 0.3 is 0 Å². The number of nitrogens with zero attached hydrogens (tertiary/aromatic N) is 2. The number of fused-ring (bicyclic) bond motifs is 13. The summed E-state index contributed by atoms with van der Waals surface area (Å²) in [4.78, 5) is 4.98. The van der Waals surface area contributed by atoms with Crippen LogP contribution >= 0.6 is 0 Å². The van der Waals surface area contributed by atoms with Crippen LogP contribution in [0, 0.1) is 17.5 Å². The summed E-state index contributed by atoms with van der Waals surface area (Å²) in [5.74, 6) is -3.88. The molecule has 0 saturated heterocycles. The fraction of sp³-hybridized carbons (Fsp3) is 0. The number of imidazole rings is 1. The number of aromatic nitrogens is 2. The van der Waals surface area contributed by atoms with Gasteiger partial charge in [-0.3, -0.25) is 4.40 Å². The van der Waals surface area contributed by atoms with E-state index in [1.165, 1.54) is 0 Å². The molecule has 2 nitrogen and oxygen atoms in total. The molecule has 0 unspecified atom stereocenters. The summed E-state index contributed by atoms with van der Waals surface area (Å²) in [6.45, 7) is 0. The van der Waals surface area contributed by atoms with Crippen molar-refractivity contribution < 1.29 is 13.2 Å². The third-order valence-corrected chi connectivity index (χ3v) is 6.35. The zero-order valence-electron chi connectivity index (χ0n) is 16.5. The highest BCUT2D eigenvalue weighted by molar-refractivity contribution is 6.26. The molecule has 32 heavy (non-hydrogen) atoms. The molecule has 5 aromatic carbocycles. The van der Waals surface area contributed by atoms with Gasteiger partial charge in [0.1, 0.15) is 5.65 Å². The van der Waals surface area contributed by atoms with Crippen molar-refractivity contribution in [1.29, 1.82) is 0 Å². The van der Waals surface area contributed by atoms with Crippen molar-refractivity contribution in [3.8, 4) is 0 Å². The van der Waals surface area contributed by atoms with Crippen LogP contribution in [-0.2, 0) is 0 Å². The van der Waals surface area contributed by atoms with E-state index in [0.29, 0.717) is 16.4 Å². The van der Waals surface area contributed by atoms with Gasteiger partial charge in [0.25, 0.3) is 0 Å². The number of hydrogen-bond acceptors (Lipinski definition) is 1. The van der Waals surface area contributed by atoms with Crippen LogP contribution in [0.3, 0.4) is 0 Å². The van der Waals surface area contributed by atoms with Gasteiger partial charge in [-0.1, -0.05) is 72.8 Å². The van der Waals surface area contributed by atoms with Crippen LogP contribution in [-0.4, -0.2) is 9.38 Å². The topological polar surface area (TPSA) is 17.3 Å². The largest absolute Gasteiger partial charge is 0.291 e. The molecule has 0 aliphatic heterocycles. The maximum Gasteiger partial charge on any atom is 0.195 e. The summed E-state index contributed by atoms with van der Waals surface area (Å²) in [7, 11) is 0. The Kier molecular flexibility index (Phi) is 3.28. The Morgan fingerprint density at radius 2 is 1.16 bits per heavy atom. The summed E-state index contributed by atoms with van der Waals surface area (Å²) in [6.07, 6.45) is 0. The molecular weight excluding hydrogens is 409 g/mol. The molecule has 7 aromatic rings. The predicted molar refractivity (Wildman–Crippen MR) is 123 cm³/mol. The summed E-state index contributed by atoms with van der Waals surface area (Å²) < 4.78 is 45.7. The number of hydrogen-bond donors (Lipinski definition) is 0. The fourth-order valence-corrected chi connectivity index (χ4v) is 5.03. The van der Waals surface area contributed by atoms with E-state index in [-0.39, 0.29) is 10.9 Å². The average molecular weight is 422 g/mol. The maximum absolute atomic E-state index is 15.1. The predicted octanol–water partition coefficient (Wildman–Crippen LogP) is 7.52. The molecule has 0 bridgehead atoms. The first-order chi connectivity index (χ1) is 15.6. The highest BCUT2D eigenvalue weighted by Gasteiger charge is 2.23. The second-order valence-corrected chi connectivity index (χ2v) is 7.99. The van der Waals surface area contributed by atoms with E-state index in [9.17, 15) is 8.78 Å². The minimum Gasteiger partial charge on any atom is -0.291 e. The first kappa shape index (κ1) is 17.5. The van der Waals surface area contributed by atoms with Gasteiger partial charge in [0.05, 0.1) is 16.6 Å². The van der Waals surface area contributed by atoms with Crippen LogP contribution < -0.4 is 0 Å². The molecule has 0 saturated carbocycles. The zero-order chi connectivity index (χ0) is 21.6. The van der Waals surface area contributed by atoms with Crippen LogP contribution in [0.4, 0.5) is 13.2 Å². The van der Waals surface area contributed by atoms with Crippen LogP contribution in [0.25, 0.3) is 59.9 Å². The molecule has 2 heterocycles. The van der Waals surface area contributed by atoms with E-state index in [2.05, 4.69) is 0 Å². The number of rotatable bonds is 0. The monoisotopic (exact) mass is 422 g/mol. The van der Waals surface area contributed by atoms with Crippen molar-refractivity contribution in [2.24, 2.45) is 0 Å². The molecule has 7 rings (SSSR count). The van der Waals surface area contributed by atoms with Gasteiger partial charge in [-0.05, 0) is 16.2 Å². The quantitative estimate of drug-likeness (QED) is 0.183. The molecule has 152 valence electrons. The summed E-state index contributed by atoms with van der Waals surface area (Å²) in [5.41, 5.74) is 2.31. The summed E-state index contributed by atoms with van der Waals surface area (Å²) >= 11 is 0. The molecular formula is C27H13F3N2. The maximum atomic E-state index is 15.1. The SMILES string of the molecule is Fc1cc2c(c(F)c1F)c1ccccc1c1nc3c4ccccc4c4ccccc4c3n21. The Morgan fingerprint density at radius 1 is 0.594 bits per heavy atom. The Labute approximate surface area is 179 Å². The van der Waals surface area contributed by atoms with Crippen molar-refractivity contribution in [3.63, 3.8) is 0 Å². The molecule has 0 aliphatic carbocycles. The Bertz CT molecular complexity index is 1920. The number of halogens is 3. The van der Waals surface area contributed by atoms with Crippen molar-refractivity contribution in [1.82, 2.24) is 9.38 Å². The van der Waals surface area contributed by atoms with Crippen molar-refractivity contribution in [2.45, 2.75) is 0 Å². The average Bonchev–Trinajstić information content (AvgIpc) is 3.24. The van der Waals surface area contributed by atoms with Crippen molar-refractivity contribution in [3.05, 3.63) is 96.3 Å². The van der Waals surface area contributed by atoms with Gasteiger partial charge in [0, 0.05) is 27.6 Å². The Hall–Kier alpha value is -4.12. The van der Waals surface area contributed by atoms with E-state index in [4.69, 9.17) is 4.98 Å². The zero-order valence-corrected chi connectivity index (χ0v) is 16.5. The molecule has 0 spiro atoms. The normalized spacial score (nSPS) is 12.2. The van der Waals surface area contributed by atoms with Crippen molar-refractivity contribution in [2.75, 3.05) is 0 Å². The van der Waals surface area contributed by atoms with Gasteiger partial charge < -0.3 is 0 Å². The highest BCUT2D eigenvalue weighted by atomic mass is 19.2. The summed E-state index contributed by atoms with van der Waals surface area (Å²) in [5, 5.41) is 5.14. The van der Waals surface area contributed by atoms with Crippen LogP contribution in [0.5, 0.6) is 0 Å². The summed E-state index contributed by atoms with van der Waals surface area (Å²) in [6, 6.07) is 24.1. The lowest BCUT2D eigenvalue weighted by Crippen LogP contribution is -1.99. The molecule has 5 heteroatoms. The smallest absolute Gasteiger partial charge is 0.195 e. The third-order valence-electron chi connectivity index (χ3n) is 6.35. The van der Waals surface area contributed by atoms with Gasteiger partial charge in [0.2, 0.25) is 0 Å². The lowest BCUT2D eigenvalue weighted by molar-refractivity contribution is 0.453. The van der Waals surface area contributed by atoms with E-state index in [1.807, 2.05) is 60.7 Å². The molecule has 0 fully saturated rings.